The molecule has 1 rings (SSSR count). The average molecular weight is 216 g/mol. The molecule has 0 aliphatic heterocycles. The molecule has 1 atom stereocenters. The van der Waals surface area contributed by atoms with E-state index in [0.717, 1.165) is 6.42 Å². The van der Waals surface area contributed by atoms with Gasteiger partial charge in [0.25, 0.3) is 0 Å². The maximum atomic E-state index is 13.4. The number of nitrogens with two attached hydrogens (primary N) is 1. The lowest BCUT2D eigenvalue weighted by molar-refractivity contribution is 0.500. The standard InChI is InChI=1S/C11H15ClFN/c1-2-8(7-14)6-9-10(12)4-3-5-11(9)13/h3-5,8H,2,6-7,14H2,1H3. The molecule has 0 spiro atoms. The summed E-state index contributed by atoms with van der Waals surface area (Å²) in [6, 6.07) is 4.76. The zero-order valence-electron chi connectivity index (χ0n) is 8.26. The first-order chi connectivity index (χ1) is 6.69. The molecule has 0 heterocycles. The van der Waals surface area contributed by atoms with Crippen molar-refractivity contribution in [1.82, 2.24) is 0 Å². The quantitative estimate of drug-likeness (QED) is 0.821. The monoisotopic (exact) mass is 215 g/mol. The molecule has 2 N–H and O–H groups in total. The van der Waals surface area contributed by atoms with Crippen LogP contribution in [0.3, 0.4) is 0 Å². The Bertz CT molecular complexity index is 277. The second kappa shape index (κ2) is 5.32. The Labute approximate surface area is 89.1 Å². The van der Waals surface area contributed by atoms with Crippen molar-refractivity contribution in [3.8, 4) is 0 Å². The van der Waals surface area contributed by atoms with Gasteiger partial charge in [-0.15, -0.1) is 0 Å². The van der Waals surface area contributed by atoms with Crippen LogP contribution < -0.4 is 5.73 Å². The third kappa shape index (κ3) is 2.69. The van der Waals surface area contributed by atoms with E-state index >= 15 is 0 Å². The smallest absolute Gasteiger partial charge is 0.127 e. The molecule has 0 fully saturated rings. The highest BCUT2D eigenvalue weighted by Crippen LogP contribution is 2.22. The lowest BCUT2D eigenvalue weighted by Gasteiger charge is -2.13. The van der Waals surface area contributed by atoms with Gasteiger partial charge in [0.2, 0.25) is 0 Å². The molecular formula is C11H15ClFN. The van der Waals surface area contributed by atoms with Gasteiger partial charge in [0.05, 0.1) is 0 Å². The molecule has 1 unspecified atom stereocenters. The summed E-state index contributed by atoms with van der Waals surface area (Å²) in [5, 5.41) is 0.497. The van der Waals surface area contributed by atoms with Gasteiger partial charge in [0.1, 0.15) is 5.82 Å². The molecular weight excluding hydrogens is 201 g/mol. The molecule has 14 heavy (non-hydrogen) atoms. The molecule has 0 aromatic heterocycles. The predicted molar refractivity (Wildman–Crippen MR) is 57.9 cm³/mol. The number of hydrogen-bond donors (Lipinski definition) is 1. The maximum absolute atomic E-state index is 13.4. The predicted octanol–water partition coefficient (Wildman–Crippen LogP) is 3.01. The Morgan fingerprint density at radius 3 is 2.71 bits per heavy atom. The molecule has 0 radical (unpaired) electrons. The molecule has 78 valence electrons. The van der Waals surface area contributed by atoms with Crippen LogP contribution in [0.2, 0.25) is 5.02 Å². The van der Waals surface area contributed by atoms with Crippen molar-refractivity contribution >= 4 is 11.6 Å². The van der Waals surface area contributed by atoms with Crippen molar-refractivity contribution in [2.24, 2.45) is 11.7 Å². The van der Waals surface area contributed by atoms with Gasteiger partial charge in [0, 0.05) is 10.6 Å². The normalized spacial score (nSPS) is 12.9. The minimum atomic E-state index is -0.232. The van der Waals surface area contributed by atoms with E-state index in [-0.39, 0.29) is 5.82 Å². The minimum Gasteiger partial charge on any atom is -0.330 e. The van der Waals surface area contributed by atoms with Crippen molar-refractivity contribution < 1.29 is 4.39 Å². The molecule has 0 saturated heterocycles. The van der Waals surface area contributed by atoms with Crippen LogP contribution in [-0.2, 0) is 6.42 Å². The molecule has 0 saturated carbocycles. The Hall–Kier alpha value is -0.600. The third-order valence-electron chi connectivity index (χ3n) is 2.47. The second-order valence-corrected chi connectivity index (χ2v) is 3.82. The van der Waals surface area contributed by atoms with Crippen LogP contribution in [0.1, 0.15) is 18.9 Å². The summed E-state index contributed by atoms with van der Waals surface area (Å²) in [5.41, 5.74) is 6.16. The fourth-order valence-electron chi connectivity index (χ4n) is 1.41. The zero-order chi connectivity index (χ0) is 10.6. The van der Waals surface area contributed by atoms with Gasteiger partial charge in [-0.05, 0) is 31.0 Å². The minimum absolute atomic E-state index is 0.232. The molecule has 1 aromatic carbocycles. The Morgan fingerprint density at radius 1 is 1.50 bits per heavy atom. The number of rotatable bonds is 4. The number of benzene rings is 1. The van der Waals surface area contributed by atoms with E-state index in [4.69, 9.17) is 17.3 Å². The third-order valence-corrected chi connectivity index (χ3v) is 2.82. The Morgan fingerprint density at radius 2 is 2.21 bits per heavy atom. The molecule has 3 heteroatoms. The summed E-state index contributed by atoms with van der Waals surface area (Å²) < 4.78 is 13.4. The maximum Gasteiger partial charge on any atom is 0.127 e. The molecule has 1 nitrogen and oxygen atoms in total. The first-order valence-corrected chi connectivity index (χ1v) is 5.19. The van der Waals surface area contributed by atoms with Crippen molar-refractivity contribution in [3.05, 3.63) is 34.6 Å². The van der Waals surface area contributed by atoms with E-state index in [9.17, 15) is 4.39 Å². The van der Waals surface area contributed by atoms with Gasteiger partial charge in [-0.2, -0.15) is 0 Å². The van der Waals surface area contributed by atoms with Crippen molar-refractivity contribution in [2.45, 2.75) is 19.8 Å². The summed E-state index contributed by atoms with van der Waals surface area (Å²) in [6.07, 6.45) is 1.57. The molecule has 0 aliphatic rings. The Balaban J connectivity index is 2.84. The molecule has 0 amide bonds. The average Bonchev–Trinajstić information content (AvgIpc) is 2.18. The summed E-state index contributed by atoms with van der Waals surface area (Å²) in [7, 11) is 0. The van der Waals surface area contributed by atoms with E-state index < -0.39 is 0 Å². The number of halogens is 2. The highest BCUT2D eigenvalue weighted by atomic mass is 35.5. The second-order valence-electron chi connectivity index (χ2n) is 3.41. The van der Waals surface area contributed by atoms with Gasteiger partial charge in [-0.1, -0.05) is 31.0 Å². The zero-order valence-corrected chi connectivity index (χ0v) is 9.02. The van der Waals surface area contributed by atoms with Crippen molar-refractivity contribution in [1.29, 1.82) is 0 Å². The van der Waals surface area contributed by atoms with Crippen LogP contribution in [-0.4, -0.2) is 6.54 Å². The molecule has 1 aromatic rings. The van der Waals surface area contributed by atoms with Gasteiger partial charge < -0.3 is 5.73 Å². The van der Waals surface area contributed by atoms with Gasteiger partial charge >= 0.3 is 0 Å². The van der Waals surface area contributed by atoms with Crippen LogP contribution in [0, 0.1) is 11.7 Å². The Kier molecular flexibility index (Phi) is 4.36. The lowest BCUT2D eigenvalue weighted by Crippen LogP contribution is -2.16. The SMILES string of the molecule is CCC(CN)Cc1c(F)cccc1Cl. The van der Waals surface area contributed by atoms with E-state index in [1.807, 2.05) is 6.92 Å². The van der Waals surface area contributed by atoms with Crippen LogP contribution in [0.5, 0.6) is 0 Å². The summed E-state index contributed by atoms with van der Waals surface area (Å²) in [4.78, 5) is 0. The van der Waals surface area contributed by atoms with Crippen LogP contribution >= 0.6 is 11.6 Å². The van der Waals surface area contributed by atoms with Gasteiger partial charge in [-0.25, -0.2) is 4.39 Å². The first-order valence-electron chi connectivity index (χ1n) is 4.82. The van der Waals surface area contributed by atoms with E-state index in [1.165, 1.54) is 6.07 Å². The van der Waals surface area contributed by atoms with Crippen molar-refractivity contribution in [2.75, 3.05) is 6.54 Å². The largest absolute Gasteiger partial charge is 0.330 e. The van der Waals surface area contributed by atoms with Gasteiger partial charge in [0.15, 0.2) is 0 Å². The van der Waals surface area contributed by atoms with Crippen LogP contribution in [0.4, 0.5) is 4.39 Å². The lowest BCUT2D eigenvalue weighted by atomic mass is 9.97. The summed E-state index contributed by atoms with van der Waals surface area (Å²) >= 11 is 5.91. The van der Waals surface area contributed by atoms with Crippen LogP contribution in [0.25, 0.3) is 0 Å². The number of hydrogen-bond acceptors (Lipinski definition) is 1. The van der Waals surface area contributed by atoms with Crippen LogP contribution in [0.15, 0.2) is 18.2 Å². The summed E-state index contributed by atoms with van der Waals surface area (Å²) in [6.45, 7) is 2.62. The highest BCUT2D eigenvalue weighted by molar-refractivity contribution is 6.31. The van der Waals surface area contributed by atoms with Gasteiger partial charge in [-0.3, -0.25) is 0 Å². The highest BCUT2D eigenvalue weighted by Gasteiger charge is 2.11. The fraction of sp³-hybridized carbons (Fsp3) is 0.455. The molecule has 0 aliphatic carbocycles. The fourth-order valence-corrected chi connectivity index (χ4v) is 1.65. The van der Waals surface area contributed by atoms with E-state index in [2.05, 4.69) is 0 Å². The topological polar surface area (TPSA) is 26.0 Å². The van der Waals surface area contributed by atoms with Crippen molar-refractivity contribution in [3.63, 3.8) is 0 Å². The van der Waals surface area contributed by atoms with E-state index in [0.29, 0.717) is 29.5 Å². The first kappa shape index (κ1) is 11.5. The van der Waals surface area contributed by atoms with E-state index in [1.54, 1.807) is 12.1 Å². The summed E-state index contributed by atoms with van der Waals surface area (Å²) in [5.74, 6) is 0.0776. The molecule has 0 bridgehead atoms.